The summed E-state index contributed by atoms with van der Waals surface area (Å²) in [6.45, 7) is 2.30. The van der Waals surface area contributed by atoms with Gasteiger partial charge in [0.25, 0.3) is 0 Å². The van der Waals surface area contributed by atoms with Gasteiger partial charge in [-0.2, -0.15) is 0 Å². The zero-order valence-electron chi connectivity index (χ0n) is 13.3. The van der Waals surface area contributed by atoms with E-state index in [1.165, 1.54) is 6.07 Å². The van der Waals surface area contributed by atoms with Crippen molar-refractivity contribution in [2.75, 3.05) is 32.9 Å². The van der Waals surface area contributed by atoms with Gasteiger partial charge in [-0.05, 0) is 49.3 Å². The van der Waals surface area contributed by atoms with Crippen molar-refractivity contribution in [2.45, 2.75) is 37.9 Å². The van der Waals surface area contributed by atoms with Crippen molar-refractivity contribution in [3.63, 3.8) is 0 Å². The number of aliphatic hydroxyl groups excluding tert-OH is 1. The molecule has 0 aromatic heterocycles. The number of ether oxygens (including phenoxy) is 2. The quantitative estimate of drug-likeness (QED) is 0.684. The molecule has 0 amide bonds. The highest BCUT2D eigenvalue weighted by Crippen LogP contribution is 2.22. The van der Waals surface area contributed by atoms with Crippen LogP contribution in [0, 0.1) is 11.6 Å². The van der Waals surface area contributed by atoms with Crippen molar-refractivity contribution in [3.8, 4) is 0 Å². The summed E-state index contributed by atoms with van der Waals surface area (Å²) >= 11 is 0. The van der Waals surface area contributed by atoms with Gasteiger partial charge in [0.2, 0.25) is 0 Å². The third kappa shape index (κ3) is 6.14. The highest BCUT2D eigenvalue weighted by molar-refractivity contribution is 5.22. The first-order chi connectivity index (χ1) is 11.2. The summed E-state index contributed by atoms with van der Waals surface area (Å²) in [5, 5.41) is 12.0. The van der Waals surface area contributed by atoms with Crippen LogP contribution in [0.3, 0.4) is 0 Å². The van der Waals surface area contributed by atoms with Crippen LogP contribution in [0.5, 0.6) is 0 Å². The molecule has 1 aromatic rings. The third-order valence-corrected chi connectivity index (χ3v) is 4.00. The molecule has 23 heavy (non-hydrogen) atoms. The van der Waals surface area contributed by atoms with Gasteiger partial charge < -0.3 is 19.9 Å². The second-order valence-electron chi connectivity index (χ2n) is 5.75. The minimum Gasteiger partial charge on any atom is -0.395 e. The van der Waals surface area contributed by atoms with E-state index in [4.69, 9.17) is 14.6 Å². The number of nitrogens with one attached hydrogen (secondary N) is 1. The Balaban J connectivity index is 1.88. The molecule has 4 nitrogen and oxygen atoms in total. The van der Waals surface area contributed by atoms with Crippen molar-refractivity contribution >= 4 is 0 Å². The molecule has 2 atom stereocenters. The molecule has 130 valence electrons. The average Bonchev–Trinajstić information content (AvgIpc) is 2.57. The zero-order chi connectivity index (χ0) is 16.5. The minimum absolute atomic E-state index is 0.0137. The molecule has 1 heterocycles. The van der Waals surface area contributed by atoms with Crippen LogP contribution in [-0.2, 0) is 9.47 Å². The smallest absolute Gasteiger partial charge is 0.159 e. The van der Waals surface area contributed by atoms with E-state index in [1.54, 1.807) is 6.07 Å². The van der Waals surface area contributed by atoms with Gasteiger partial charge in [-0.3, -0.25) is 0 Å². The summed E-state index contributed by atoms with van der Waals surface area (Å²) < 4.78 is 37.8. The molecule has 1 saturated heterocycles. The molecule has 0 spiro atoms. The van der Waals surface area contributed by atoms with Crippen LogP contribution in [0.25, 0.3) is 0 Å². The summed E-state index contributed by atoms with van der Waals surface area (Å²) in [5.41, 5.74) is 0.725. The van der Waals surface area contributed by atoms with E-state index < -0.39 is 11.6 Å². The molecule has 0 radical (unpaired) electrons. The molecule has 1 aliphatic heterocycles. The molecule has 2 unspecified atom stereocenters. The Labute approximate surface area is 135 Å². The van der Waals surface area contributed by atoms with Gasteiger partial charge >= 0.3 is 0 Å². The van der Waals surface area contributed by atoms with E-state index in [-0.39, 0.29) is 18.8 Å². The van der Waals surface area contributed by atoms with Crippen molar-refractivity contribution in [1.82, 2.24) is 5.32 Å². The molecule has 0 saturated carbocycles. The van der Waals surface area contributed by atoms with Gasteiger partial charge in [-0.25, -0.2) is 8.78 Å². The number of rotatable bonds is 9. The predicted molar refractivity (Wildman–Crippen MR) is 83.2 cm³/mol. The van der Waals surface area contributed by atoms with E-state index in [2.05, 4.69) is 5.32 Å². The van der Waals surface area contributed by atoms with Gasteiger partial charge in [-0.15, -0.1) is 0 Å². The number of benzene rings is 1. The summed E-state index contributed by atoms with van der Waals surface area (Å²) in [6, 6.07) is 3.98. The lowest BCUT2D eigenvalue weighted by Gasteiger charge is -2.24. The monoisotopic (exact) mass is 329 g/mol. The Morgan fingerprint density at radius 3 is 2.87 bits per heavy atom. The minimum atomic E-state index is -0.845. The van der Waals surface area contributed by atoms with Crippen molar-refractivity contribution < 1.29 is 23.4 Å². The van der Waals surface area contributed by atoms with Crippen LogP contribution in [-0.4, -0.2) is 44.3 Å². The van der Waals surface area contributed by atoms with Crippen LogP contribution in [0.2, 0.25) is 0 Å². The van der Waals surface area contributed by atoms with Gasteiger partial charge in [0, 0.05) is 19.7 Å². The molecule has 6 heteroatoms. The lowest BCUT2D eigenvalue weighted by Crippen LogP contribution is -2.27. The first kappa shape index (κ1) is 18.3. The van der Waals surface area contributed by atoms with Crippen LogP contribution in [0.15, 0.2) is 18.2 Å². The normalized spacial score (nSPS) is 19.7. The second-order valence-corrected chi connectivity index (χ2v) is 5.75. The number of aliphatic hydroxyl groups is 1. The summed E-state index contributed by atoms with van der Waals surface area (Å²) in [5.74, 6) is -1.70. The van der Waals surface area contributed by atoms with E-state index in [1.807, 2.05) is 0 Å². The maximum Gasteiger partial charge on any atom is 0.159 e. The van der Waals surface area contributed by atoms with Crippen molar-refractivity contribution in [2.24, 2.45) is 0 Å². The fourth-order valence-electron chi connectivity index (χ4n) is 2.69. The fraction of sp³-hybridized carbons (Fsp3) is 0.647. The zero-order valence-corrected chi connectivity index (χ0v) is 13.3. The Morgan fingerprint density at radius 1 is 1.30 bits per heavy atom. The first-order valence-electron chi connectivity index (χ1n) is 8.20. The van der Waals surface area contributed by atoms with Crippen LogP contribution >= 0.6 is 0 Å². The first-order valence-corrected chi connectivity index (χ1v) is 8.20. The van der Waals surface area contributed by atoms with Crippen LogP contribution in [0.1, 0.15) is 37.2 Å². The van der Waals surface area contributed by atoms with E-state index in [0.717, 1.165) is 37.5 Å². The van der Waals surface area contributed by atoms with Gasteiger partial charge in [-0.1, -0.05) is 6.07 Å². The molecule has 0 bridgehead atoms. The third-order valence-electron chi connectivity index (χ3n) is 4.00. The largest absolute Gasteiger partial charge is 0.395 e. The molecular weight excluding hydrogens is 304 g/mol. The van der Waals surface area contributed by atoms with Crippen LogP contribution < -0.4 is 5.32 Å². The molecule has 1 fully saturated rings. The van der Waals surface area contributed by atoms with Crippen molar-refractivity contribution in [1.29, 1.82) is 0 Å². The molecule has 2 N–H and O–H groups in total. The van der Waals surface area contributed by atoms with E-state index in [0.29, 0.717) is 26.1 Å². The molecule has 1 aliphatic rings. The SMILES string of the molecule is OCCNCC(CCOC1CCCCO1)c1ccc(F)c(F)c1. The topological polar surface area (TPSA) is 50.7 Å². The lowest BCUT2D eigenvalue weighted by atomic mass is 9.95. The molecule has 1 aromatic carbocycles. The molecule has 2 rings (SSSR count). The predicted octanol–water partition coefficient (Wildman–Crippen LogP) is 2.56. The standard InChI is InChI=1S/C17H25F2NO3/c18-15-5-4-13(11-16(15)19)14(12-20-7-8-21)6-10-23-17-3-1-2-9-22-17/h4-5,11,14,17,20-21H,1-3,6-10,12H2. The molecular formula is C17H25F2NO3. The Bertz CT molecular complexity index is 467. The summed E-state index contributed by atoms with van der Waals surface area (Å²) in [6.07, 6.45) is 3.60. The summed E-state index contributed by atoms with van der Waals surface area (Å²) in [4.78, 5) is 0. The maximum atomic E-state index is 13.5. The average molecular weight is 329 g/mol. The number of hydrogen-bond acceptors (Lipinski definition) is 4. The highest BCUT2D eigenvalue weighted by atomic mass is 19.2. The van der Waals surface area contributed by atoms with E-state index >= 15 is 0 Å². The Hall–Kier alpha value is -1.08. The number of halogens is 2. The highest BCUT2D eigenvalue weighted by Gasteiger charge is 2.17. The fourth-order valence-corrected chi connectivity index (χ4v) is 2.69. The molecule has 0 aliphatic carbocycles. The Morgan fingerprint density at radius 2 is 2.17 bits per heavy atom. The van der Waals surface area contributed by atoms with Gasteiger partial charge in [0.05, 0.1) is 13.2 Å². The van der Waals surface area contributed by atoms with Crippen molar-refractivity contribution in [3.05, 3.63) is 35.4 Å². The lowest BCUT2D eigenvalue weighted by molar-refractivity contribution is -0.163. The second kappa shape index (κ2) is 9.93. The van der Waals surface area contributed by atoms with Gasteiger partial charge in [0.15, 0.2) is 17.9 Å². The maximum absolute atomic E-state index is 13.5. The van der Waals surface area contributed by atoms with Crippen LogP contribution in [0.4, 0.5) is 8.78 Å². The van der Waals surface area contributed by atoms with Gasteiger partial charge in [0.1, 0.15) is 0 Å². The van der Waals surface area contributed by atoms with E-state index in [9.17, 15) is 8.78 Å². The Kier molecular flexibility index (Phi) is 7.88. The summed E-state index contributed by atoms with van der Waals surface area (Å²) in [7, 11) is 0. The number of hydrogen-bond donors (Lipinski definition) is 2.